The van der Waals surface area contributed by atoms with Crippen LogP contribution in [0.25, 0.3) is 0 Å². The zero-order chi connectivity index (χ0) is 19.4. The number of hydrogen-bond donors (Lipinski definition) is 2. The summed E-state index contributed by atoms with van der Waals surface area (Å²) in [6.45, 7) is 4.41. The molecule has 1 unspecified atom stereocenters. The predicted molar refractivity (Wildman–Crippen MR) is 101 cm³/mol. The van der Waals surface area contributed by atoms with E-state index in [2.05, 4.69) is 18.6 Å². The van der Waals surface area contributed by atoms with Crippen molar-refractivity contribution < 1.29 is 16.8 Å². The lowest BCUT2D eigenvalue weighted by atomic mass is 9.89. The lowest BCUT2D eigenvalue weighted by molar-refractivity contribution is 0.379. The average molecular weight is 397 g/mol. The van der Waals surface area contributed by atoms with E-state index in [1.807, 2.05) is 30.3 Å². The molecule has 0 heterocycles. The maximum Gasteiger partial charge on any atom is 0.240 e. The van der Waals surface area contributed by atoms with E-state index < -0.39 is 20.0 Å². The molecule has 2 aromatic carbocycles. The Kier molecular flexibility index (Phi) is 6.57. The Morgan fingerprint density at radius 3 is 1.92 bits per heavy atom. The first-order valence-corrected chi connectivity index (χ1v) is 11.3. The molecule has 0 aliphatic rings. The highest BCUT2D eigenvalue weighted by molar-refractivity contribution is 7.89. The standard InChI is InChI=1S/C18H24N2O4S2/c1-14(2)16(12-15-6-4-3-5-7-15)13-20-26(23,24)18-10-8-17(9-11-18)25(19,21)22/h3-11,14,16,20H,12-13H2,1-2H3,(H2,19,21,22). The second kappa shape index (κ2) is 8.30. The van der Waals surface area contributed by atoms with Gasteiger partial charge in [-0.05, 0) is 48.1 Å². The van der Waals surface area contributed by atoms with Crippen molar-refractivity contribution in [2.24, 2.45) is 17.0 Å². The largest absolute Gasteiger partial charge is 0.240 e. The van der Waals surface area contributed by atoms with Gasteiger partial charge in [-0.15, -0.1) is 0 Å². The van der Waals surface area contributed by atoms with Crippen LogP contribution in [0, 0.1) is 11.8 Å². The molecule has 142 valence electrons. The van der Waals surface area contributed by atoms with E-state index in [1.165, 1.54) is 24.3 Å². The minimum Gasteiger partial charge on any atom is -0.225 e. The number of benzene rings is 2. The van der Waals surface area contributed by atoms with Crippen LogP contribution in [-0.2, 0) is 26.5 Å². The Bertz CT molecular complexity index is 923. The van der Waals surface area contributed by atoms with Crippen LogP contribution in [0.15, 0.2) is 64.4 Å². The molecule has 0 saturated heterocycles. The molecule has 0 amide bonds. The van der Waals surface area contributed by atoms with Crippen LogP contribution in [0.2, 0.25) is 0 Å². The van der Waals surface area contributed by atoms with Crippen molar-refractivity contribution in [3.63, 3.8) is 0 Å². The van der Waals surface area contributed by atoms with Crippen molar-refractivity contribution in [2.75, 3.05) is 6.54 Å². The molecule has 0 aliphatic heterocycles. The van der Waals surface area contributed by atoms with Crippen molar-refractivity contribution in [1.29, 1.82) is 0 Å². The number of hydrogen-bond acceptors (Lipinski definition) is 4. The third-order valence-electron chi connectivity index (χ3n) is 4.28. The fourth-order valence-corrected chi connectivity index (χ4v) is 4.18. The van der Waals surface area contributed by atoms with E-state index in [-0.39, 0.29) is 15.7 Å². The second-order valence-electron chi connectivity index (χ2n) is 6.56. The van der Waals surface area contributed by atoms with E-state index in [9.17, 15) is 16.8 Å². The SMILES string of the molecule is CC(C)C(CNS(=O)(=O)c1ccc(S(N)(=O)=O)cc1)Cc1ccccc1. The van der Waals surface area contributed by atoms with E-state index in [4.69, 9.17) is 5.14 Å². The summed E-state index contributed by atoms with van der Waals surface area (Å²) in [5.41, 5.74) is 1.16. The van der Waals surface area contributed by atoms with Gasteiger partial charge in [0.15, 0.2) is 0 Å². The van der Waals surface area contributed by atoms with Gasteiger partial charge in [-0.1, -0.05) is 44.2 Å². The van der Waals surface area contributed by atoms with Gasteiger partial charge in [-0.2, -0.15) is 0 Å². The van der Waals surface area contributed by atoms with Gasteiger partial charge in [-0.25, -0.2) is 26.7 Å². The topological polar surface area (TPSA) is 106 Å². The minimum atomic E-state index is -3.85. The summed E-state index contributed by atoms with van der Waals surface area (Å²) in [5.74, 6) is 0.429. The number of sulfonamides is 2. The minimum absolute atomic E-state index is 0.00659. The van der Waals surface area contributed by atoms with Crippen molar-refractivity contribution in [1.82, 2.24) is 4.72 Å². The van der Waals surface area contributed by atoms with Crippen LogP contribution in [0.4, 0.5) is 0 Å². The number of rotatable bonds is 8. The number of nitrogens with two attached hydrogens (primary N) is 1. The quantitative estimate of drug-likeness (QED) is 0.713. The molecule has 2 rings (SSSR count). The summed E-state index contributed by atoms with van der Waals surface area (Å²) in [7, 11) is -7.58. The number of primary sulfonamides is 1. The highest BCUT2D eigenvalue weighted by Crippen LogP contribution is 2.18. The summed E-state index contributed by atoms with van der Waals surface area (Å²) in [5, 5.41) is 5.03. The van der Waals surface area contributed by atoms with E-state index in [0.717, 1.165) is 12.0 Å². The van der Waals surface area contributed by atoms with E-state index >= 15 is 0 Å². The fourth-order valence-electron chi connectivity index (χ4n) is 2.57. The molecular formula is C18H24N2O4S2. The van der Waals surface area contributed by atoms with E-state index in [0.29, 0.717) is 12.5 Å². The Hall–Kier alpha value is -1.74. The maximum absolute atomic E-state index is 12.5. The molecule has 0 bridgehead atoms. The van der Waals surface area contributed by atoms with E-state index in [1.54, 1.807) is 0 Å². The monoisotopic (exact) mass is 396 g/mol. The molecule has 6 nitrogen and oxygen atoms in total. The van der Waals surface area contributed by atoms with Gasteiger partial charge >= 0.3 is 0 Å². The van der Waals surface area contributed by atoms with Crippen LogP contribution in [0.3, 0.4) is 0 Å². The molecule has 2 aromatic rings. The van der Waals surface area contributed by atoms with Crippen LogP contribution in [0.1, 0.15) is 19.4 Å². The lowest BCUT2D eigenvalue weighted by Gasteiger charge is -2.21. The third kappa shape index (κ3) is 5.63. The van der Waals surface area contributed by atoms with Gasteiger partial charge in [0.2, 0.25) is 20.0 Å². The second-order valence-corrected chi connectivity index (χ2v) is 9.89. The summed E-state index contributed by atoms with van der Waals surface area (Å²) >= 11 is 0. The predicted octanol–water partition coefficient (Wildman–Crippen LogP) is 2.13. The Morgan fingerprint density at radius 2 is 1.42 bits per heavy atom. The molecule has 0 aromatic heterocycles. The molecule has 1 atom stereocenters. The molecule has 3 N–H and O–H groups in total. The zero-order valence-corrected chi connectivity index (χ0v) is 16.4. The molecule has 8 heteroatoms. The zero-order valence-electron chi connectivity index (χ0n) is 14.8. The van der Waals surface area contributed by atoms with Gasteiger partial charge in [0.05, 0.1) is 9.79 Å². The normalized spacial score (nSPS) is 13.7. The van der Waals surface area contributed by atoms with Gasteiger partial charge < -0.3 is 0 Å². The molecular weight excluding hydrogens is 372 g/mol. The van der Waals surface area contributed by atoms with Gasteiger partial charge in [0.1, 0.15) is 0 Å². The third-order valence-corrected chi connectivity index (χ3v) is 6.65. The van der Waals surface area contributed by atoms with Crippen molar-refractivity contribution in [3.8, 4) is 0 Å². The maximum atomic E-state index is 12.5. The summed E-state index contributed by atoms with van der Waals surface area (Å²) in [4.78, 5) is -0.118. The first-order chi connectivity index (χ1) is 12.1. The average Bonchev–Trinajstić information content (AvgIpc) is 2.58. The smallest absolute Gasteiger partial charge is 0.225 e. The molecule has 0 spiro atoms. The molecule has 26 heavy (non-hydrogen) atoms. The van der Waals surface area contributed by atoms with Crippen LogP contribution < -0.4 is 9.86 Å². The summed E-state index contributed by atoms with van der Waals surface area (Å²) < 4.78 is 50.1. The summed E-state index contributed by atoms with van der Waals surface area (Å²) in [6, 6.07) is 14.8. The fraction of sp³-hybridized carbons (Fsp3) is 0.333. The van der Waals surface area contributed by atoms with Crippen LogP contribution in [-0.4, -0.2) is 23.4 Å². The first kappa shape index (κ1) is 20.6. The van der Waals surface area contributed by atoms with Crippen molar-refractivity contribution in [2.45, 2.75) is 30.1 Å². The van der Waals surface area contributed by atoms with Crippen molar-refractivity contribution >= 4 is 20.0 Å². The van der Waals surface area contributed by atoms with Gasteiger partial charge in [0, 0.05) is 6.54 Å². The molecule has 0 radical (unpaired) electrons. The Balaban J connectivity index is 2.09. The lowest BCUT2D eigenvalue weighted by Crippen LogP contribution is -2.32. The molecule has 0 fully saturated rings. The van der Waals surface area contributed by atoms with Crippen LogP contribution in [0.5, 0.6) is 0 Å². The highest BCUT2D eigenvalue weighted by Gasteiger charge is 2.20. The molecule has 0 saturated carbocycles. The Labute approximate surface area is 155 Å². The Morgan fingerprint density at radius 1 is 0.885 bits per heavy atom. The number of nitrogens with one attached hydrogen (secondary N) is 1. The van der Waals surface area contributed by atoms with Crippen LogP contribution >= 0.6 is 0 Å². The highest BCUT2D eigenvalue weighted by atomic mass is 32.2. The van der Waals surface area contributed by atoms with Gasteiger partial charge in [0.25, 0.3) is 0 Å². The molecule has 0 aliphatic carbocycles. The summed E-state index contributed by atoms with van der Waals surface area (Å²) in [6.07, 6.45) is 0.769. The van der Waals surface area contributed by atoms with Crippen molar-refractivity contribution in [3.05, 3.63) is 60.2 Å². The first-order valence-electron chi connectivity index (χ1n) is 8.26. The van der Waals surface area contributed by atoms with Gasteiger partial charge in [-0.3, -0.25) is 0 Å².